The van der Waals surface area contributed by atoms with Gasteiger partial charge in [-0.05, 0) is 6.92 Å². The summed E-state index contributed by atoms with van der Waals surface area (Å²) in [4.78, 5) is 22.5. The van der Waals surface area contributed by atoms with Crippen LogP contribution in [0.15, 0.2) is 24.7 Å². The Morgan fingerprint density at radius 3 is 2.74 bits per heavy atom. The summed E-state index contributed by atoms with van der Waals surface area (Å²) in [5, 5.41) is 13.9. The largest absolute Gasteiger partial charge is 0.359 e. The highest BCUT2D eigenvalue weighted by Crippen LogP contribution is 2.25. The Balaban J connectivity index is 2.15. The highest BCUT2D eigenvalue weighted by atomic mass is 35.5. The molecule has 7 nitrogen and oxygen atoms in total. The molecule has 0 unspecified atom stereocenters. The lowest BCUT2D eigenvalue weighted by Gasteiger charge is -2.05. The van der Waals surface area contributed by atoms with Crippen molar-refractivity contribution >= 4 is 23.1 Å². The number of nitrogens with zero attached hydrogens (tertiary/aromatic N) is 4. The normalized spacial score (nSPS) is 10.2. The first-order valence-corrected chi connectivity index (χ1v) is 5.75. The summed E-state index contributed by atoms with van der Waals surface area (Å²) < 4.78 is 0. The zero-order chi connectivity index (χ0) is 13.8. The molecule has 0 aliphatic carbocycles. The molecule has 2 rings (SSSR count). The highest BCUT2D eigenvalue weighted by Gasteiger charge is 2.15. The van der Waals surface area contributed by atoms with E-state index in [9.17, 15) is 10.1 Å². The summed E-state index contributed by atoms with van der Waals surface area (Å²) in [6.45, 7) is 2.12. The number of anilines is 1. The lowest BCUT2D eigenvalue weighted by atomic mass is 10.3. The van der Waals surface area contributed by atoms with Gasteiger partial charge in [0, 0.05) is 18.5 Å². The Bertz CT molecular complexity index is 603. The van der Waals surface area contributed by atoms with E-state index in [1.54, 1.807) is 12.4 Å². The summed E-state index contributed by atoms with van der Waals surface area (Å²) in [7, 11) is 0. The van der Waals surface area contributed by atoms with Crippen molar-refractivity contribution in [2.75, 3.05) is 5.32 Å². The van der Waals surface area contributed by atoms with Crippen molar-refractivity contribution in [2.24, 2.45) is 0 Å². The third kappa shape index (κ3) is 3.35. The maximum absolute atomic E-state index is 10.9. The van der Waals surface area contributed by atoms with Gasteiger partial charge in [0.1, 0.15) is 0 Å². The van der Waals surface area contributed by atoms with E-state index in [1.807, 2.05) is 6.92 Å². The van der Waals surface area contributed by atoms with Crippen LogP contribution >= 0.6 is 11.6 Å². The molecule has 19 heavy (non-hydrogen) atoms. The van der Waals surface area contributed by atoms with Crippen LogP contribution in [-0.2, 0) is 6.54 Å². The monoisotopic (exact) mass is 279 g/mol. The third-order valence-corrected chi connectivity index (χ3v) is 2.51. The number of rotatable bonds is 4. The van der Waals surface area contributed by atoms with Crippen LogP contribution < -0.4 is 5.32 Å². The molecule has 2 heterocycles. The zero-order valence-electron chi connectivity index (χ0n) is 10.00. The summed E-state index contributed by atoms with van der Waals surface area (Å²) in [5.41, 5.74) is 1.29. The molecule has 2 aromatic heterocycles. The molecule has 0 saturated carbocycles. The number of hydrogen-bond donors (Lipinski definition) is 1. The summed E-state index contributed by atoms with van der Waals surface area (Å²) in [6, 6.07) is 1.25. The van der Waals surface area contributed by atoms with Crippen molar-refractivity contribution in [2.45, 2.75) is 13.5 Å². The average molecular weight is 280 g/mol. The van der Waals surface area contributed by atoms with Crippen LogP contribution in [0.3, 0.4) is 0 Å². The van der Waals surface area contributed by atoms with E-state index in [1.165, 1.54) is 12.3 Å². The molecule has 2 aromatic rings. The molecule has 0 aliphatic heterocycles. The van der Waals surface area contributed by atoms with Crippen molar-refractivity contribution in [1.29, 1.82) is 0 Å². The van der Waals surface area contributed by atoms with E-state index < -0.39 is 4.92 Å². The predicted molar refractivity (Wildman–Crippen MR) is 70.0 cm³/mol. The number of aryl methyl sites for hydroxylation is 1. The van der Waals surface area contributed by atoms with Gasteiger partial charge >= 0.3 is 5.69 Å². The molecule has 0 bridgehead atoms. The summed E-state index contributed by atoms with van der Waals surface area (Å²) >= 11 is 5.68. The standard InChI is InChI=1S/C11H10ClN5O2/c1-7-3-14-9(5-13-7)6-16-11-10(17(18)19)2-8(12)4-15-11/h2-5H,6H2,1H3,(H,15,16). The summed E-state index contributed by atoms with van der Waals surface area (Å²) in [6.07, 6.45) is 4.57. The molecule has 0 saturated heterocycles. The minimum absolute atomic E-state index is 0.150. The molecule has 0 aromatic carbocycles. The minimum atomic E-state index is -0.540. The number of halogens is 1. The maximum atomic E-state index is 10.9. The number of nitro groups is 1. The molecule has 0 atom stereocenters. The quantitative estimate of drug-likeness (QED) is 0.682. The molecule has 8 heteroatoms. The second-order valence-electron chi connectivity index (χ2n) is 3.78. The van der Waals surface area contributed by atoms with Gasteiger partial charge in [0.2, 0.25) is 5.82 Å². The molecule has 0 fully saturated rings. The second-order valence-corrected chi connectivity index (χ2v) is 4.22. The van der Waals surface area contributed by atoms with Gasteiger partial charge in [-0.3, -0.25) is 20.1 Å². The molecular formula is C11H10ClN5O2. The topological polar surface area (TPSA) is 93.8 Å². The fourth-order valence-electron chi connectivity index (χ4n) is 1.39. The first-order valence-electron chi connectivity index (χ1n) is 5.37. The van der Waals surface area contributed by atoms with E-state index in [0.29, 0.717) is 12.2 Å². The fraction of sp³-hybridized carbons (Fsp3) is 0.182. The van der Waals surface area contributed by atoms with Gasteiger partial charge in [-0.25, -0.2) is 4.98 Å². The van der Waals surface area contributed by atoms with Crippen LogP contribution in [0.2, 0.25) is 5.02 Å². The zero-order valence-corrected chi connectivity index (χ0v) is 10.8. The predicted octanol–water partition coefficient (Wildman–Crippen LogP) is 2.35. The van der Waals surface area contributed by atoms with Crippen LogP contribution in [0.4, 0.5) is 11.5 Å². The van der Waals surface area contributed by atoms with Crippen LogP contribution in [0, 0.1) is 17.0 Å². The summed E-state index contributed by atoms with van der Waals surface area (Å²) in [5.74, 6) is 0.150. The third-order valence-electron chi connectivity index (χ3n) is 2.30. The first-order chi connectivity index (χ1) is 9.06. The molecule has 0 radical (unpaired) electrons. The smallest absolute Gasteiger partial charge is 0.312 e. The Morgan fingerprint density at radius 2 is 2.11 bits per heavy atom. The molecule has 0 aliphatic rings. The number of pyridine rings is 1. The van der Waals surface area contributed by atoms with E-state index in [-0.39, 0.29) is 16.5 Å². The van der Waals surface area contributed by atoms with Gasteiger partial charge in [0.15, 0.2) is 0 Å². The Morgan fingerprint density at radius 1 is 1.32 bits per heavy atom. The minimum Gasteiger partial charge on any atom is -0.359 e. The first kappa shape index (κ1) is 13.2. The van der Waals surface area contributed by atoms with Crippen molar-refractivity contribution in [3.8, 4) is 0 Å². The second kappa shape index (κ2) is 5.57. The number of hydrogen-bond acceptors (Lipinski definition) is 6. The van der Waals surface area contributed by atoms with Crippen LogP contribution in [0.25, 0.3) is 0 Å². The van der Waals surface area contributed by atoms with Crippen LogP contribution in [0.1, 0.15) is 11.4 Å². The Kier molecular flexibility index (Phi) is 3.86. The van der Waals surface area contributed by atoms with Crippen molar-refractivity contribution in [3.63, 3.8) is 0 Å². The Hall–Kier alpha value is -2.28. The molecular weight excluding hydrogens is 270 g/mol. The SMILES string of the molecule is Cc1cnc(CNc2ncc(Cl)cc2[N+](=O)[O-])cn1. The fourth-order valence-corrected chi connectivity index (χ4v) is 1.54. The molecule has 1 N–H and O–H groups in total. The maximum Gasteiger partial charge on any atom is 0.312 e. The van der Waals surface area contributed by atoms with Crippen LogP contribution in [0.5, 0.6) is 0 Å². The number of aromatic nitrogens is 3. The van der Waals surface area contributed by atoms with Crippen molar-refractivity contribution < 1.29 is 4.92 Å². The molecule has 98 valence electrons. The molecule has 0 spiro atoms. The number of nitrogens with one attached hydrogen (secondary N) is 1. The van der Waals surface area contributed by atoms with Crippen molar-refractivity contribution in [1.82, 2.24) is 15.0 Å². The van der Waals surface area contributed by atoms with E-state index in [2.05, 4.69) is 20.3 Å². The van der Waals surface area contributed by atoms with Gasteiger partial charge in [-0.1, -0.05) is 11.6 Å². The van der Waals surface area contributed by atoms with Gasteiger partial charge in [0.05, 0.1) is 34.1 Å². The van der Waals surface area contributed by atoms with Gasteiger partial charge in [-0.2, -0.15) is 0 Å². The van der Waals surface area contributed by atoms with E-state index in [0.717, 1.165) is 5.69 Å². The lowest BCUT2D eigenvalue weighted by molar-refractivity contribution is -0.384. The van der Waals surface area contributed by atoms with Gasteiger partial charge in [-0.15, -0.1) is 0 Å². The average Bonchev–Trinajstić information content (AvgIpc) is 2.39. The van der Waals surface area contributed by atoms with E-state index >= 15 is 0 Å². The van der Waals surface area contributed by atoms with Crippen LogP contribution in [-0.4, -0.2) is 19.9 Å². The molecule has 0 amide bonds. The van der Waals surface area contributed by atoms with Gasteiger partial charge < -0.3 is 5.32 Å². The lowest BCUT2D eigenvalue weighted by Crippen LogP contribution is -2.06. The van der Waals surface area contributed by atoms with Gasteiger partial charge in [0.25, 0.3) is 0 Å². The van der Waals surface area contributed by atoms with E-state index in [4.69, 9.17) is 11.6 Å². The highest BCUT2D eigenvalue weighted by molar-refractivity contribution is 6.30. The van der Waals surface area contributed by atoms with Crippen molar-refractivity contribution in [3.05, 3.63) is 51.2 Å². The Labute approximate surface area is 113 Å².